The SMILES string of the molecule is NC(COc1ccc(O)cc1)c1ccc(F)cc1. The Bertz CT molecular complexity index is 496. The van der Waals surface area contributed by atoms with Crippen molar-refractivity contribution in [3.8, 4) is 11.5 Å². The summed E-state index contributed by atoms with van der Waals surface area (Å²) in [6.45, 7) is 0.288. The minimum Gasteiger partial charge on any atom is -0.508 e. The zero-order chi connectivity index (χ0) is 13.0. The van der Waals surface area contributed by atoms with E-state index in [4.69, 9.17) is 15.6 Å². The first kappa shape index (κ1) is 12.4. The molecule has 18 heavy (non-hydrogen) atoms. The fraction of sp³-hybridized carbons (Fsp3) is 0.143. The second-order valence-corrected chi connectivity index (χ2v) is 3.96. The molecular formula is C14H14FNO2. The van der Waals surface area contributed by atoms with Crippen LogP contribution in [0.15, 0.2) is 48.5 Å². The van der Waals surface area contributed by atoms with Gasteiger partial charge in [-0.3, -0.25) is 0 Å². The van der Waals surface area contributed by atoms with Crippen molar-refractivity contribution in [2.24, 2.45) is 5.73 Å². The summed E-state index contributed by atoms with van der Waals surface area (Å²) in [6, 6.07) is 12.1. The number of nitrogens with two attached hydrogens (primary N) is 1. The minimum absolute atomic E-state index is 0.185. The molecule has 2 aromatic rings. The van der Waals surface area contributed by atoms with Crippen LogP contribution in [0.2, 0.25) is 0 Å². The Balaban J connectivity index is 1.93. The lowest BCUT2D eigenvalue weighted by atomic mass is 10.1. The summed E-state index contributed by atoms with van der Waals surface area (Å²) in [4.78, 5) is 0. The average Bonchev–Trinajstić information content (AvgIpc) is 2.38. The first-order valence-corrected chi connectivity index (χ1v) is 5.58. The number of ether oxygens (including phenoxy) is 1. The van der Waals surface area contributed by atoms with E-state index in [1.165, 1.54) is 12.1 Å². The topological polar surface area (TPSA) is 55.5 Å². The Morgan fingerprint density at radius 2 is 1.67 bits per heavy atom. The molecule has 3 nitrogen and oxygen atoms in total. The lowest BCUT2D eigenvalue weighted by Gasteiger charge is -2.13. The van der Waals surface area contributed by atoms with Crippen molar-refractivity contribution < 1.29 is 14.2 Å². The number of phenolic OH excluding ortho intramolecular Hbond substituents is 1. The Kier molecular flexibility index (Phi) is 3.79. The Morgan fingerprint density at radius 1 is 1.06 bits per heavy atom. The quantitative estimate of drug-likeness (QED) is 0.873. The molecule has 0 fully saturated rings. The molecule has 0 saturated carbocycles. The highest BCUT2D eigenvalue weighted by atomic mass is 19.1. The highest BCUT2D eigenvalue weighted by Gasteiger charge is 2.07. The molecule has 0 aromatic heterocycles. The fourth-order valence-corrected chi connectivity index (χ4v) is 1.53. The molecule has 0 heterocycles. The maximum Gasteiger partial charge on any atom is 0.123 e. The van der Waals surface area contributed by atoms with E-state index in [0.29, 0.717) is 5.75 Å². The molecule has 2 rings (SSSR count). The summed E-state index contributed by atoms with van der Waals surface area (Å²) in [5, 5.41) is 9.12. The van der Waals surface area contributed by atoms with Gasteiger partial charge in [-0.1, -0.05) is 12.1 Å². The number of hydrogen-bond acceptors (Lipinski definition) is 3. The molecule has 0 spiro atoms. The van der Waals surface area contributed by atoms with Gasteiger partial charge in [0.2, 0.25) is 0 Å². The van der Waals surface area contributed by atoms with Crippen molar-refractivity contribution in [1.29, 1.82) is 0 Å². The number of phenols is 1. The van der Waals surface area contributed by atoms with Crippen molar-refractivity contribution >= 4 is 0 Å². The van der Waals surface area contributed by atoms with Gasteiger partial charge in [0, 0.05) is 0 Å². The van der Waals surface area contributed by atoms with E-state index in [1.807, 2.05) is 0 Å². The van der Waals surface area contributed by atoms with Gasteiger partial charge in [-0.05, 0) is 42.0 Å². The number of halogens is 1. The molecule has 2 aromatic carbocycles. The Morgan fingerprint density at radius 3 is 2.28 bits per heavy atom. The van der Waals surface area contributed by atoms with Gasteiger partial charge in [0.1, 0.15) is 23.9 Å². The van der Waals surface area contributed by atoms with Crippen molar-refractivity contribution in [2.75, 3.05) is 6.61 Å². The second-order valence-electron chi connectivity index (χ2n) is 3.96. The van der Waals surface area contributed by atoms with Gasteiger partial charge in [0.05, 0.1) is 6.04 Å². The molecule has 0 aliphatic carbocycles. The fourth-order valence-electron chi connectivity index (χ4n) is 1.53. The first-order chi connectivity index (χ1) is 8.65. The lowest BCUT2D eigenvalue weighted by Crippen LogP contribution is -2.18. The zero-order valence-electron chi connectivity index (χ0n) is 9.71. The van der Waals surface area contributed by atoms with Crippen molar-refractivity contribution in [3.63, 3.8) is 0 Å². The number of hydrogen-bond donors (Lipinski definition) is 2. The predicted octanol–water partition coefficient (Wildman–Crippen LogP) is 2.61. The van der Waals surface area contributed by atoms with Crippen LogP contribution in [0.5, 0.6) is 11.5 Å². The third-order valence-corrected chi connectivity index (χ3v) is 2.56. The van der Waals surface area contributed by atoms with Crippen molar-refractivity contribution in [1.82, 2.24) is 0 Å². The van der Waals surface area contributed by atoms with E-state index < -0.39 is 0 Å². The van der Waals surface area contributed by atoms with E-state index in [9.17, 15) is 4.39 Å². The van der Waals surface area contributed by atoms with Gasteiger partial charge in [0.25, 0.3) is 0 Å². The van der Waals surface area contributed by atoms with E-state index >= 15 is 0 Å². The van der Waals surface area contributed by atoms with Crippen LogP contribution in [0, 0.1) is 5.82 Å². The molecule has 0 radical (unpaired) electrons. The van der Waals surface area contributed by atoms with Crippen LogP contribution >= 0.6 is 0 Å². The number of rotatable bonds is 4. The second kappa shape index (κ2) is 5.51. The molecule has 0 aliphatic heterocycles. The largest absolute Gasteiger partial charge is 0.508 e. The van der Waals surface area contributed by atoms with Crippen molar-refractivity contribution in [2.45, 2.75) is 6.04 Å². The summed E-state index contributed by atoms with van der Waals surface area (Å²) in [5.41, 5.74) is 6.74. The van der Waals surface area contributed by atoms with Crippen LogP contribution in [0.3, 0.4) is 0 Å². The monoisotopic (exact) mass is 247 g/mol. The molecule has 1 atom stereocenters. The molecule has 0 amide bonds. The van der Waals surface area contributed by atoms with Gasteiger partial charge >= 0.3 is 0 Å². The Labute approximate surface area is 105 Å². The molecule has 4 heteroatoms. The Hall–Kier alpha value is -2.07. The van der Waals surface area contributed by atoms with Crippen molar-refractivity contribution in [3.05, 3.63) is 59.9 Å². The standard InChI is InChI=1S/C14H14FNO2/c15-11-3-1-10(2-4-11)14(16)9-18-13-7-5-12(17)6-8-13/h1-8,14,17H,9,16H2. The van der Waals surface area contributed by atoms with Crippen LogP contribution in [-0.2, 0) is 0 Å². The van der Waals surface area contributed by atoms with E-state index in [-0.39, 0.29) is 24.2 Å². The number of benzene rings is 2. The molecule has 94 valence electrons. The summed E-state index contributed by atoms with van der Waals surface area (Å²) in [7, 11) is 0. The normalized spacial score (nSPS) is 12.1. The molecule has 1 unspecified atom stereocenters. The van der Waals surface area contributed by atoms with Gasteiger partial charge in [-0.2, -0.15) is 0 Å². The maximum atomic E-state index is 12.7. The van der Waals surface area contributed by atoms with E-state index in [0.717, 1.165) is 5.56 Å². The number of aromatic hydroxyl groups is 1. The van der Waals surface area contributed by atoms with E-state index in [1.54, 1.807) is 36.4 Å². The molecule has 3 N–H and O–H groups in total. The summed E-state index contributed by atoms with van der Waals surface area (Å²) >= 11 is 0. The summed E-state index contributed by atoms with van der Waals surface area (Å²) in [6.07, 6.45) is 0. The van der Waals surface area contributed by atoms with Gasteiger partial charge in [-0.15, -0.1) is 0 Å². The van der Waals surface area contributed by atoms with Crippen LogP contribution in [0.25, 0.3) is 0 Å². The van der Waals surface area contributed by atoms with E-state index in [2.05, 4.69) is 0 Å². The maximum absolute atomic E-state index is 12.7. The molecular weight excluding hydrogens is 233 g/mol. The predicted molar refractivity (Wildman–Crippen MR) is 66.9 cm³/mol. The van der Waals surface area contributed by atoms with Crippen LogP contribution in [0.4, 0.5) is 4.39 Å². The third kappa shape index (κ3) is 3.21. The molecule has 0 bridgehead atoms. The van der Waals surface area contributed by atoms with Gasteiger partial charge < -0.3 is 15.6 Å². The van der Waals surface area contributed by atoms with Gasteiger partial charge in [0.15, 0.2) is 0 Å². The van der Waals surface area contributed by atoms with Gasteiger partial charge in [-0.25, -0.2) is 4.39 Å². The third-order valence-electron chi connectivity index (χ3n) is 2.56. The molecule has 0 aliphatic rings. The highest BCUT2D eigenvalue weighted by Crippen LogP contribution is 2.18. The highest BCUT2D eigenvalue weighted by molar-refractivity contribution is 5.30. The first-order valence-electron chi connectivity index (χ1n) is 5.58. The molecule has 0 saturated heterocycles. The van der Waals surface area contributed by atoms with Crippen LogP contribution < -0.4 is 10.5 Å². The van der Waals surface area contributed by atoms with Crippen LogP contribution in [0.1, 0.15) is 11.6 Å². The average molecular weight is 247 g/mol. The summed E-state index contributed by atoms with van der Waals surface area (Å²) < 4.78 is 18.2. The zero-order valence-corrected chi connectivity index (χ0v) is 9.71. The summed E-state index contributed by atoms with van der Waals surface area (Å²) in [5.74, 6) is 0.529. The van der Waals surface area contributed by atoms with Crippen LogP contribution in [-0.4, -0.2) is 11.7 Å². The smallest absolute Gasteiger partial charge is 0.123 e. The minimum atomic E-state index is -0.320. The lowest BCUT2D eigenvalue weighted by molar-refractivity contribution is 0.290.